The van der Waals surface area contributed by atoms with Crippen LogP contribution in [0.5, 0.6) is 0 Å². The minimum Gasteiger partial charge on any atom is -0.381 e. The van der Waals surface area contributed by atoms with Gasteiger partial charge in [-0.15, -0.1) is 0 Å². The molecule has 1 aromatic carbocycles. The van der Waals surface area contributed by atoms with E-state index in [4.69, 9.17) is 4.74 Å². The first-order chi connectivity index (χ1) is 9.49. The SMILES string of the molecule is Cc1cc(F)ccc1S(=O)(=O)NCC[C@@H]1CCCOC1. The largest absolute Gasteiger partial charge is 0.381 e. The summed E-state index contributed by atoms with van der Waals surface area (Å²) in [6, 6.07) is 3.69. The van der Waals surface area contributed by atoms with E-state index >= 15 is 0 Å². The molecule has 6 heteroatoms. The second-order valence-electron chi connectivity index (χ2n) is 5.18. The van der Waals surface area contributed by atoms with Gasteiger partial charge in [-0.05, 0) is 55.9 Å². The van der Waals surface area contributed by atoms with Crippen LogP contribution in [0.3, 0.4) is 0 Å². The molecule has 1 aliphatic heterocycles. The zero-order valence-corrected chi connectivity index (χ0v) is 12.4. The smallest absolute Gasteiger partial charge is 0.240 e. The van der Waals surface area contributed by atoms with Gasteiger partial charge in [-0.3, -0.25) is 0 Å². The van der Waals surface area contributed by atoms with Crippen molar-refractivity contribution in [2.24, 2.45) is 5.92 Å². The maximum absolute atomic E-state index is 13.0. The highest BCUT2D eigenvalue weighted by atomic mass is 32.2. The Labute approximate surface area is 119 Å². The molecule has 4 nitrogen and oxygen atoms in total. The molecular formula is C14H20FNO3S. The van der Waals surface area contributed by atoms with E-state index in [2.05, 4.69) is 4.72 Å². The summed E-state index contributed by atoms with van der Waals surface area (Å²) in [7, 11) is -3.57. The van der Waals surface area contributed by atoms with Crippen LogP contribution in [0.25, 0.3) is 0 Å². The summed E-state index contributed by atoms with van der Waals surface area (Å²) < 4.78 is 45.2. The quantitative estimate of drug-likeness (QED) is 0.907. The van der Waals surface area contributed by atoms with Gasteiger partial charge >= 0.3 is 0 Å². The van der Waals surface area contributed by atoms with Crippen LogP contribution in [0.15, 0.2) is 23.1 Å². The van der Waals surface area contributed by atoms with Gasteiger partial charge in [0.15, 0.2) is 0 Å². The predicted molar refractivity (Wildman–Crippen MR) is 74.5 cm³/mol. The van der Waals surface area contributed by atoms with Crippen LogP contribution in [-0.4, -0.2) is 28.2 Å². The lowest BCUT2D eigenvalue weighted by atomic mass is 9.99. The summed E-state index contributed by atoms with van der Waals surface area (Å²) >= 11 is 0. The Morgan fingerprint density at radius 1 is 1.45 bits per heavy atom. The van der Waals surface area contributed by atoms with Crippen LogP contribution >= 0.6 is 0 Å². The number of halogens is 1. The first-order valence-corrected chi connectivity index (χ1v) is 8.31. The van der Waals surface area contributed by atoms with Crippen molar-refractivity contribution in [2.45, 2.75) is 31.1 Å². The Morgan fingerprint density at radius 2 is 2.25 bits per heavy atom. The van der Waals surface area contributed by atoms with E-state index in [9.17, 15) is 12.8 Å². The van der Waals surface area contributed by atoms with Crippen LogP contribution in [0.4, 0.5) is 4.39 Å². The molecule has 0 unspecified atom stereocenters. The van der Waals surface area contributed by atoms with E-state index in [1.165, 1.54) is 12.1 Å². The molecule has 0 aliphatic carbocycles. The highest BCUT2D eigenvalue weighted by Gasteiger charge is 2.18. The summed E-state index contributed by atoms with van der Waals surface area (Å²) in [4.78, 5) is 0.138. The number of hydrogen-bond donors (Lipinski definition) is 1. The normalized spacial score (nSPS) is 20.0. The van der Waals surface area contributed by atoms with E-state index in [0.29, 0.717) is 24.6 Å². The molecule has 0 radical (unpaired) electrons. The molecule has 0 amide bonds. The van der Waals surface area contributed by atoms with Crippen molar-refractivity contribution < 1.29 is 17.5 Å². The number of nitrogens with one attached hydrogen (secondary N) is 1. The van der Waals surface area contributed by atoms with Crippen molar-refractivity contribution >= 4 is 10.0 Å². The molecule has 0 bridgehead atoms. The summed E-state index contributed by atoms with van der Waals surface area (Å²) in [6.45, 7) is 3.48. The molecular weight excluding hydrogens is 281 g/mol. The van der Waals surface area contributed by atoms with Gasteiger partial charge in [0.1, 0.15) is 5.82 Å². The number of aryl methyl sites for hydroxylation is 1. The van der Waals surface area contributed by atoms with Crippen molar-refractivity contribution in [3.8, 4) is 0 Å². The summed E-state index contributed by atoms with van der Waals surface area (Å²) in [5.74, 6) is -0.0124. The molecule has 0 aromatic heterocycles. The summed E-state index contributed by atoms with van der Waals surface area (Å²) in [5.41, 5.74) is 0.415. The lowest BCUT2D eigenvalue weighted by Gasteiger charge is -2.22. The lowest BCUT2D eigenvalue weighted by molar-refractivity contribution is 0.0523. The second kappa shape index (κ2) is 6.65. The molecule has 1 atom stereocenters. The molecule has 1 saturated heterocycles. The monoisotopic (exact) mass is 301 g/mol. The average Bonchev–Trinajstić information content (AvgIpc) is 2.39. The highest BCUT2D eigenvalue weighted by molar-refractivity contribution is 7.89. The van der Waals surface area contributed by atoms with Crippen molar-refractivity contribution in [3.05, 3.63) is 29.6 Å². The van der Waals surface area contributed by atoms with Gasteiger partial charge in [0.2, 0.25) is 10.0 Å². The first kappa shape index (κ1) is 15.4. The van der Waals surface area contributed by atoms with Gasteiger partial charge < -0.3 is 4.74 Å². The zero-order valence-electron chi connectivity index (χ0n) is 11.6. The maximum atomic E-state index is 13.0. The lowest BCUT2D eigenvalue weighted by Crippen LogP contribution is -2.28. The van der Waals surface area contributed by atoms with Gasteiger partial charge in [0.05, 0.1) is 4.90 Å². The number of sulfonamides is 1. The summed E-state index contributed by atoms with van der Waals surface area (Å²) in [6.07, 6.45) is 2.88. The van der Waals surface area contributed by atoms with Crippen molar-refractivity contribution in [2.75, 3.05) is 19.8 Å². The number of rotatable bonds is 5. The van der Waals surface area contributed by atoms with Gasteiger partial charge in [0.25, 0.3) is 0 Å². The number of ether oxygens (including phenoxy) is 1. The molecule has 0 saturated carbocycles. The number of benzene rings is 1. The van der Waals surface area contributed by atoms with Crippen LogP contribution in [0.1, 0.15) is 24.8 Å². The molecule has 112 valence electrons. The van der Waals surface area contributed by atoms with E-state index in [1.807, 2.05) is 0 Å². The Hall–Kier alpha value is -0.980. The standard InChI is InChI=1S/C14H20FNO3S/c1-11-9-13(15)4-5-14(11)20(17,18)16-7-6-12-3-2-8-19-10-12/h4-5,9,12,16H,2-3,6-8,10H2,1H3/t12-/m0/s1. The van der Waals surface area contributed by atoms with E-state index in [0.717, 1.165) is 31.9 Å². The van der Waals surface area contributed by atoms with Gasteiger partial charge in [-0.1, -0.05) is 0 Å². The zero-order chi connectivity index (χ0) is 14.6. The Balaban J connectivity index is 1.93. The second-order valence-corrected chi connectivity index (χ2v) is 6.91. The van der Waals surface area contributed by atoms with Crippen LogP contribution in [0, 0.1) is 18.7 Å². The van der Waals surface area contributed by atoms with Crippen LogP contribution in [-0.2, 0) is 14.8 Å². The van der Waals surface area contributed by atoms with Crippen molar-refractivity contribution in [1.82, 2.24) is 4.72 Å². The molecule has 1 aromatic rings. The Morgan fingerprint density at radius 3 is 2.90 bits per heavy atom. The first-order valence-electron chi connectivity index (χ1n) is 6.82. The van der Waals surface area contributed by atoms with Crippen LogP contribution in [0.2, 0.25) is 0 Å². The van der Waals surface area contributed by atoms with E-state index < -0.39 is 15.8 Å². The molecule has 2 rings (SSSR count). The minimum absolute atomic E-state index is 0.138. The minimum atomic E-state index is -3.57. The highest BCUT2D eigenvalue weighted by Crippen LogP contribution is 2.18. The topological polar surface area (TPSA) is 55.4 Å². The molecule has 1 aliphatic rings. The molecule has 20 heavy (non-hydrogen) atoms. The Kier molecular flexibility index (Phi) is 5.12. The third-order valence-electron chi connectivity index (χ3n) is 3.53. The third kappa shape index (κ3) is 4.01. The third-order valence-corrected chi connectivity index (χ3v) is 5.15. The molecule has 1 fully saturated rings. The predicted octanol–water partition coefficient (Wildman–Crippen LogP) is 2.23. The summed E-state index contributed by atoms with van der Waals surface area (Å²) in [5, 5.41) is 0. The van der Waals surface area contributed by atoms with Gasteiger partial charge in [0, 0.05) is 19.8 Å². The molecule has 1 heterocycles. The fraction of sp³-hybridized carbons (Fsp3) is 0.571. The van der Waals surface area contributed by atoms with E-state index in [-0.39, 0.29) is 4.90 Å². The number of hydrogen-bond acceptors (Lipinski definition) is 3. The Bertz CT molecular complexity index is 554. The maximum Gasteiger partial charge on any atom is 0.240 e. The van der Waals surface area contributed by atoms with Gasteiger partial charge in [-0.2, -0.15) is 0 Å². The van der Waals surface area contributed by atoms with Crippen molar-refractivity contribution in [1.29, 1.82) is 0 Å². The molecule has 0 spiro atoms. The fourth-order valence-corrected chi connectivity index (χ4v) is 3.70. The average molecular weight is 301 g/mol. The van der Waals surface area contributed by atoms with Crippen LogP contribution < -0.4 is 4.72 Å². The fourth-order valence-electron chi connectivity index (χ4n) is 2.42. The van der Waals surface area contributed by atoms with E-state index in [1.54, 1.807) is 6.92 Å². The van der Waals surface area contributed by atoms with Crippen molar-refractivity contribution in [3.63, 3.8) is 0 Å². The van der Waals surface area contributed by atoms with Gasteiger partial charge in [-0.25, -0.2) is 17.5 Å². The molecule has 1 N–H and O–H groups in total.